The average molecular weight is 354 g/mol. The Bertz CT molecular complexity index is 791. The van der Waals surface area contributed by atoms with Crippen LogP contribution in [0.4, 0.5) is 0 Å². The fourth-order valence-electron chi connectivity index (χ4n) is 3.82. The Hall–Kier alpha value is -2.43. The summed E-state index contributed by atoms with van der Waals surface area (Å²) in [6, 6.07) is 5.58. The van der Waals surface area contributed by atoms with E-state index in [1.54, 1.807) is 6.20 Å². The maximum atomic E-state index is 13.0. The number of Topliss-reactive ketones (excluding diaryl/α,β-unsaturated/α-hetero) is 1. The summed E-state index contributed by atoms with van der Waals surface area (Å²) in [6.45, 7) is 8.37. The molecule has 0 saturated heterocycles. The number of nitrogens with zero attached hydrogens (tertiary/aromatic N) is 1. The summed E-state index contributed by atoms with van der Waals surface area (Å²) in [4.78, 5) is 30.2. The molecule has 2 heterocycles. The molecule has 138 valence electrons. The largest absolute Gasteiger partial charge is 0.462 e. The summed E-state index contributed by atoms with van der Waals surface area (Å²) in [7, 11) is 0. The van der Waals surface area contributed by atoms with E-state index in [-0.39, 0.29) is 17.2 Å². The summed E-state index contributed by atoms with van der Waals surface area (Å²) >= 11 is 0. The number of esters is 1. The van der Waals surface area contributed by atoms with Crippen LogP contribution in [0.2, 0.25) is 0 Å². The van der Waals surface area contributed by atoms with Crippen molar-refractivity contribution in [2.45, 2.75) is 52.9 Å². The molecule has 26 heavy (non-hydrogen) atoms. The van der Waals surface area contributed by atoms with E-state index in [1.807, 2.05) is 32.0 Å². The minimum absolute atomic E-state index is 0.0766. The molecule has 1 N–H and O–H groups in total. The summed E-state index contributed by atoms with van der Waals surface area (Å²) < 4.78 is 5.41. The van der Waals surface area contributed by atoms with Crippen LogP contribution >= 0.6 is 0 Å². The summed E-state index contributed by atoms with van der Waals surface area (Å²) in [6.07, 6.45) is 3.68. The third-order valence-corrected chi connectivity index (χ3v) is 4.88. The molecule has 5 heteroatoms. The predicted molar refractivity (Wildman–Crippen MR) is 99.1 cm³/mol. The SMILES string of the molecule is CCCOC(=O)C1=C(C)NC2=C(C(=O)CC(C)(C)C2)[C@@H]1c1ccccn1. The number of aromatic nitrogens is 1. The van der Waals surface area contributed by atoms with Gasteiger partial charge in [0, 0.05) is 29.6 Å². The van der Waals surface area contributed by atoms with E-state index >= 15 is 0 Å². The molecule has 1 aromatic rings. The topological polar surface area (TPSA) is 68.3 Å². The molecular weight excluding hydrogens is 328 g/mol. The van der Waals surface area contributed by atoms with Crippen molar-refractivity contribution >= 4 is 11.8 Å². The molecule has 0 radical (unpaired) electrons. The molecule has 1 aromatic heterocycles. The Morgan fingerprint density at radius 3 is 2.77 bits per heavy atom. The van der Waals surface area contributed by atoms with E-state index in [1.165, 1.54) is 0 Å². The van der Waals surface area contributed by atoms with Gasteiger partial charge in [0.2, 0.25) is 0 Å². The lowest BCUT2D eigenvalue weighted by molar-refractivity contribution is -0.139. The summed E-state index contributed by atoms with van der Waals surface area (Å²) in [5.74, 6) is -0.773. The van der Waals surface area contributed by atoms with Crippen molar-refractivity contribution < 1.29 is 14.3 Å². The fourth-order valence-corrected chi connectivity index (χ4v) is 3.82. The van der Waals surface area contributed by atoms with Crippen molar-refractivity contribution in [1.82, 2.24) is 10.3 Å². The van der Waals surface area contributed by atoms with E-state index in [9.17, 15) is 9.59 Å². The van der Waals surface area contributed by atoms with Crippen LogP contribution in [0, 0.1) is 5.41 Å². The fraction of sp³-hybridized carbons (Fsp3) is 0.476. The normalized spacial score (nSPS) is 22.0. The third kappa shape index (κ3) is 3.43. The van der Waals surface area contributed by atoms with Crippen LogP contribution in [0.1, 0.15) is 58.6 Å². The Morgan fingerprint density at radius 1 is 1.35 bits per heavy atom. The number of pyridine rings is 1. The first-order valence-corrected chi connectivity index (χ1v) is 9.16. The highest BCUT2D eigenvalue weighted by Crippen LogP contribution is 2.46. The molecule has 0 bridgehead atoms. The van der Waals surface area contributed by atoms with Crippen molar-refractivity contribution in [1.29, 1.82) is 0 Å². The van der Waals surface area contributed by atoms with Gasteiger partial charge in [-0.3, -0.25) is 9.78 Å². The lowest BCUT2D eigenvalue weighted by Crippen LogP contribution is -2.39. The number of ether oxygens (including phenoxy) is 1. The van der Waals surface area contributed by atoms with Gasteiger partial charge in [-0.1, -0.05) is 26.8 Å². The summed E-state index contributed by atoms with van der Waals surface area (Å²) in [5, 5.41) is 3.32. The lowest BCUT2D eigenvalue weighted by Gasteiger charge is -2.39. The van der Waals surface area contributed by atoms with E-state index in [0.29, 0.717) is 29.9 Å². The predicted octanol–water partition coefficient (Wildman–Crippen LogP) is 3.64. The molecule has 0 aromatic carbocycles. The van der Waals surface area contributed by atoms with E-state index < -0.39 is 5.92 Å². The average Bonchev–Trinajstić information content (AvgIpc) is 2.58. The van der Waals surface area contributed by atoms with Crippen LogP contribution < -0.4 is 5.32 Å². The Balaban J connectivity index is 2.11. The van der Waals surface area contributed by atoms with Crippen molar-refractivity contribution in [3.05, 3.63) is 52.6 Å². The lowest BCUT2D eigenvalue weighted by atomic mass is 9.69. The van der Waals surface area contributed by atoms with Gasteiger partial charge in [0.1, 0.15) is 0 Å². The smallest absolute Gasteiger partial charge is 0.336 e. The highest BCUT2D eigenvalue weighted by molar-refractivity contribution is 6.04. The zero-order valence-electron chi connectivity index (χ0n) is 15.9. The van der Waals surface area contributed by atoms with Gasteiger partial charge >= 0.3 is 5.97 Å². The second-order valence-electron chi connectivity index (χ2n) is 7.82. The standard InChI is InChI=1S/C21H26N2O3/c1-5-10-26-20(25)17-13(2)23-15-11-21(3,4)12-16(24)18(15)19(17)14-8-6-7-9-22-14/h6-9,19,23H,5,10-12H2,1-4H3/t19-/m1/s1. The monoisotopic (exact) mass is 354 g/mol. The number of hydrogen-bond acceptors (Lipinski definition) is 5. The third-order valence-electron chi connectivity index (χ3n) is 4.88. The van der Waals surface area contributed by atoms with Gasteiger partial charge in [0.05, 0.1) is 23.8 Å². The van der Waals surface area contributed by atoms with Gasteiger partial charge in [-0.05, 0) is 37.3 Å². The van der Waals surface area contributed by atoms with E-state index in [0.717, 1.165) is 24.2 Å². The zero-order valence-corrected chi connectivity index (χ0v) is 15.9. The number of allylic oxidation sites excluding steroid dienone is 3. The summed E-state index contributed by atoms with van der Waals surface area (Å²) in [5.41, 5.74) is 3.41. The maximum absolute atomic E-state index is 13.0. The first-order valence-electron chi connectivity index (χ1n) is 9.16. The number of dihydropyridines is 1. The first kappa shape index (κ1) is 18.4. The molecule has 0 unspecified atom stereocenters. The molecular formula is C21H26N2O3. The number of nitrogens with one attached hydrogen (secondary N) is 1. The van der Waals surface area contributed by atoms with Crippen LogP contribution in [-0.4, -0.2) is 23.3 Å². The van der Waals surface area contributed by atoms with Crippen molar-refractivity contribution in [3.8, 4) is 0 Å². The van der Waals surface area contributed by atoms with Crippen molar-refractivity contribution in [2.24, 2.45) is 5.41 Å². The molecule has 0 saturated carbocycles. The molecule has 1 aliphatic carbocycles. The second kappa shape index (κ2) is 7.06. The van der Waals surface area contributed by atoms with Gasteiger partial charge in [-0.2, -0.15) is 0 Å². The Labute approximate surface area is 154 Å². The number of ketones is 1. The van der Waals surface area contributed by atoms with Crippen LogP contribution in [-0.2, 0) is 14.3 Å². The van der Waals surface area contributed by atoms with Crippen LogP contribution in [0.15, 0.2) is 46.9 Å². The highest BCUT2D eigenvalue weighted by atomic mass is 16.5. The van der Waals surface area contributed by atoms with Gasteiger partial charge in [0.25, 0.3) is 0 Å². The quantitative estimate of drug-likeness (QED) is 0.836. The van der Waals surface area contributed by atoms with Gasteiger partial charge in [0.15, 0.2) is 5.78 Å². The molecule has 1 aliphatic heterocycles. The van der Waals surface area contributed by atoms with Gasteiger partial charge in [-0.25, -0.2) is 4.79 Å². The molecule has 0 fully saturated rings. The number of hydrogen-bond donors (Lipinski definition) is 1. The van der Waals surface area contributed by atoms with Gasteiger partial charge in [-0.15, -0.1) is 0 Å². The van der Waals surface area contributed by atoms with E-state index in [2.05, 4.69) is 24.1 Å². The Kier molecular flexibility index (Phi) is 4.99. The van der Waals surface area contributed by atoms with Crippen LogP contribution in [0.3, 0.4) is 0 Å². The highest BCUT2D eigenvalue weighted by Gasteiger charge is 2.43. The molecule has 0 spiro atoms. The maximum Gasteiger partial charge on any atom is 0.336 e. The molecule has 1 atom stereocenters. The molecule has 0 amide bonds. The van der Waals surface area contributed by atoms with Crippen molar-refractivity contribution in [3.63, 3.8) is 0 Å². The minimum atomic E-state index is -0.472. The van der Waals surface area contributed by atoms with Gasteiger partial charge < -0.3 is 10.1 Å². The van der Waals surface area contributed by atoms with Crippen LogP contribution in [0.25, 0.3) is 0 Å². The van der Waals surface area contributed by atoms with E-state index in [4.69, 9.17) is 4.74 Å². The van der Waals surface area contributed by atoms with Crippen LogP contribution in [0.5, 0.6) is 0 Å². The molecule has 5 nitrogen and oxygen atoms in total. The minimum Gasteiger partial charge on any atom is -0.462 e. The van der Waals surface area contributed by atoms with Crippen molar-refractivity contribution in [2.75, 3.05) is 6.61 Å². The number of carbonyl (C=O) groups excluding carboxylic acids is 2. The molecule has 3 rings (SSSR count). The number of carbonyl (C=O) groups is 2. The first-order chi connectivity index (χ1) is 12.3. The second-order valence-corrected chi connectivity index (χ2v) is 7.82. The zero-order chi connectivity index (χ0) is 18.9. The Morgan fingerprint density at radius 2 is 2.12 bits per heavy atom. The molecule has 2 aliphatic rings. The number of rotatable bonds is 4.